The number of alkyl halides is 3. The normalized spacial score (nSPS) is 15.3. The zero-order valence-electron chi connectivity index (χ0n) is 23.1. The molecular weight excluding hydrogens is 521 g/mol. The first-order valence-electron chi connectivity index (χ1n) is 12.9. The minimum Gasteiger partial charge on any atom is -0.397 e. The van der Waals surface area contributed by atoms with Crippen molar-refractivity contribution < 1.29 is 18.0 Å². The number of hydrogen-bond donors (Lipinski definition) is 3. The minimum absolute atomic E-state index is 0.0578. The molecule has 2 heterocycles. The van der Waals surface area contributed by atoms with Gasteiger partial charge in [0.1, 0.15) is 0 Å². The molecule has 0 atom stereocenters. The van der Waals surface area contributed by atoms with Crippen molar-refractivity contribution in [2.45, 2.75) is 26.6 Å². The first-order valence-corrected chi connectivity index (χ1v) is 12.9. The van der Waals surface area contributed by atoms with Gasteiger partial charge in [-0.25, -0.2) is 5.84 Å². The molecule has 0 bridgehead atoms. The van der Waals surface area contributed by atoms with E-state index in [0.29, 0.717) is 24.5 Å². The third-order valence-corrected chi connectivity index (χ3v) is 7.24. The van der Waals surface area contributed by atoms with Gasteiger partial charge in [-0.3, -0.25) is 19.4 Å². The van der Waals surface area contributed by atoms with Gasteiger partial charge in [0, 0.05) is 68.5 Å². The summed E-state index contributed by atoms with van der Waals surface area (Å²) in [5, 5.41) is 8.09. The molecule has 12 heteroatoms. The molecule has 0 spiro atoms. The highest BCUT2D eigenvalue weighted by Gasteiger charge is 2.34. The van der Waals surface area contributed by atoms with Gasteiger partial charge in [0.15, 0.2) is 0 Å². The summed E-state index contributed by atoms with van der Waals surface area (Å²) < 4.78 is 43.6. The van der Waals surface area contributed by atoms with E-state index in [1.165, 1.54) is 23.3 Å². The topological polar surface area (TPSA) is 109 Å². The highest BCUT2D eigenvalue weighted by molar-refractivity contribution is 6.05. The van der Waals surface area contributed by atoms with Crippen molar-refractivity contribution in [1.29, 1.82) is 0 Å². The highest BCUT2D eigenvalue weighted by atomic mass is 19.4. The predicted octanol–water partition coefficient (Wildman–Crippen LogP) is 3.69. The van der Waals surface area contributed by atoms with Gasteiger partial charge < -0.3 is 16.0 Å². The van der Waals surface area contributed by atoms with Crippen molar-refractivity contribution in [1.82, 2.24) is 19.6 Å². The summed E-state index contributed by atoms with van der Waals surface area (Å²) in [4.78, 5) is 17.2. The average molecular weight is 557 g/mol. The summed E-state index contributed by atoms with van der Waals surface area (Å²) in [5.41, 5.74) is 9.21. The standard InChI is InChI=1S/C28H35F3N8O/c1-18-5-6-20(13-26(18)39(33)17-25(32)23-15-34-37(4)19(23)2)27(40)35-22-8-7-21(24(14-22)28(29,30)31)16-38-11-9-36(3)10-12-38/h5-8,13-15,17H,9-12,16,32-33H2,1-4H3,(H,35,40)/b25-17-. The molecule has 40 heavy (non-hydrogen) atoms. The Kier molecular flexibility index (Phi) is 8.52. The zero-order chi connectivity index (χ0) is 29.2. The van der Waals surface area contributed by atoms with Crippen LogP contribution in [0.3, 0.4) is 0 Å². The number of anilines is 2. The van der Waals surface area contributed by atoms with Gasteiger partial charge >= 0.3 is 6.18 Å². The van der Waals surface area contributed by atoms with E-state index in [0.717, 1.165) is 36.0 Å². The smallest absolute Gasteiger partial charge is 0.397 e. The largest absolute Gasteiger partial charge is 0.416 e. The van der Waals surface area contributed by atoms with Crippen LogP contribution >= 0.6 is 0 Å². The molecule has 1 aliphatic rings. The van der Waals surface area contributed by atoms with Crippen LogP contribution in [-0.4, -0.2) is 58.7 Å². The van der Waals surface area contributed by atoms with E-state index in [1.54, 1.807) is 36.1 Å². The van der Waals surface area contributed by atoms with Crippen LogP contribution in [0.2, 0.25) is 0 Å². The SMILES string of the molecule is Cc1ccc(C(=O)Nc2ccc(CN3CCN(C)CC3)c(C(F)(F)F)c2)cc1N(N)/C=C(\N)c1cnn(C)c1C. The van der Waals surface area contributed by atoms with E-state index in [9.17, 15) is 18.0 Å². The number of benzene rings is 2. The van der Waals surface area contributed by atoms with Crippen LogP contribution in [0.4, 0.5) is 24.5 Å². The maximum atomic E-state index is 14.0. The Morgan fingerprint density at radius 2 is 1.80 bits per heavy atom. The number of aromatic nitrogens is 2. The molecule has 0 saturated carbocycles. The van der Waals surface area contributed by atoms with Gasteiger partial charge in [0.05, 0.1) is 23.1 Å². The Balaban J connectivity index is 1.53. The van der Waals surface area contributed by atoms with E-state index in [4.69, 9.17) is 11.6 Å². The molecule has 5 N–H and O–H groups in total. The lowest BCUT2D eigenvalue weighted by molar-refractivity contribution is -0.138. The third-order valence-electron chi connectivity index (χ3n) is 7.24. The van der Waals surface area contributed by atoms with Gasteiger partial charge in [0.2, 0.25) is 0 Å². The number of carbonyl (C=O) groups excluding carboxylic acids is 1. The first kappa shape index (κ1) is 29.1. The van der Waals surface area contributed by atoms with Crippen molar-refractivity contribution >= 4 is 23.0 Å². The molecule has 0 unspecified atom stereocenters. The van der Waals surface area contributed by atoms with E-state index < -0.39 is 17.6 Å². The van der Waals surface area contributed by atoms with E-state index in [-0.39, 0.29) is 23.4 Å². The van der Waals surface area contributed by atoms with Crippen LogP contribution in [0.1, 0.15) is 38.3 Å². The number of carbonyl (C=O) groups is 1. The van der Waals surface area contributed by atoms with Crippen molar-refractivity contribution in [2.75, 3.05) is 43.6 Å². The number of nitrogens with two attached hydrogens (primary N) is 2. The maximum Gasteiger partial charge on any atom is 0.416 e. The highest BCUT2D eigenvalue weighted by Crippen LogP contribution is 2.35. The van der Waals surface area contributed by atoms with Gasteiger partial charge in [-0.2, -0.15) is 18.3 Å². The number of hydrogen-bond acceptors (Lipinski definition) is 7. The molecule has 214 valence electrons. The van der Waals surface area contributed by atoms with Gasteiger partial charge in [-0.1, -0.05) is 12.1 Å². The summed E-state index contributed by atoms with van der Waals surface area (Å²) in [7, 11) is 3.80. The Labute approximate surface area is 231 Å². The average Bonchev–Trinajstić information content (AvgIpc) is 3.23. The van der Waals surface area contributed by atoms with Crippen LogP contribution in [0.15, 0.2) is 48.8 Å². The molecule has 1 fully saturated rings. The summed E-state index contributed by atoms with van der Waals surface area (Å²) in [6.07, 6.45) is -1.39. The van der Waals surface area contributed by atoms with Crippen molar-refractivity contribution in [2.24, 2.45) is 18.6 Å². The number of halogens is 3. The Hall–Kier alpha value is -3.87. The molecule has 3 aromatic rings. The van der Waals surface area contributed by atoms with Crippen LogP contribution < -0.4 is 21.9 Å². The number of aryl methyl sites for hydroxylation is 2. The van der Waals surface area contributed by atoms with E-state index in [2.05, 4.69) is 15.3 Å². The minimum atomic E-state index is -4.56. The number of nitrogens with one attached hydrogen (secondary N) is 1. The number of rotatable bonds is 7. The monoisotopic (exact) mass is 556 g/mol. The number of likely N-dealkylation sites (N-methyl/N-ethyl adjacent to an activating group) is 1. The molecule has 1 aliphatic heterocycles. The predicted molar refractivity (Wildman–Crippen MR) is 150 cm³/mol. The molecule has 0 aliphatic carbocycles. The molecule has 4 rings (SSSR count). The van der Waals surface area contributed by atoms with Crippen LogP contribution in [0, 0.1) is 13.8 Å². The zero-order valence-corrected chi connectivity index (χ0v) is 23.1. The molecular formula is C28H35F3N8O. The van der Waals surface area contributed by atoms with Crippen LogP contribution in [0.25, 0.3) is 5.70 Å². The lowest BCUT2D eigenvalue weighted by atomic mass is 10.0. The molecule has 2 aromatic carbocycles. The second-order valence-electron chi connectivity index (χ2n) is 10.2. The molecule has 1 saturated heterocycles. The fraction of sp³-hybridized carbons (Fsp3) is 0.357. The number of nitrogens with zero attached hydrogens (tertiary/aromatic N) is 5. The second kappa shape index (κ2) is 11.7. The lowest BCUT2D eigenvalue weighted by Crippen LogP contribution is -2.44. The first-order chi connectivity index (χ1) is 18.8. The fourth-order valence-corrected chi connectivity index (χ4v) is 4.61. The van der Waals surface area contributed by atoms with Gasteiger partial charge in [-0.15, -0.1) is 0 Å². The van der Waals surface area contributed by atoms with Gasteiger partial charge in [0.25, 0.3) is 5.91 Å². The maximum absolute atomic E-state index is 14.0. The van der Waals surface area contributed by atoms with Gasteiger partial charge in [-0.05, 0) is 56.3 Å². The summed E-state index contributed by atoms with van der Waals surface area (Å²) in [6, 6.07) is 8.80. The van der Waals surface area contributed by atoms with Crippen LogP contribution in [-0.2, 0) is 19.8 Å². The fourth-order valence-electron chi connectivity index (χ4n) is 4.61. The lowest BCUT2D eigenvalue weighted by Gasteiger charge is -2.33. The van der Waals surface area contributed by atoms with Crippen molar-refractivity contribution in [3.8, 4) is 0 Å². The third kappa shape index (κ3) is 6.64. The number of piperazine rings is 1. The Morgan fingerprint density at radius 3 is 2.42 bits per heavy atom. The number of hydrazine groups is 1. The molecule has 9 nitrogen and oxygen atoms in total. The van der Waals surface area contributed by atoms with E-state index >= 15 is 0 Å². The molecule has 0 radical (unpaired) electrons. The van der Waals surface area contributed by atoms with Crippen LogP contribution in [0.5, 0.6) is 0 Å². The number of amides is 1. The van der Waals surface area contributed by atoms with E-state index in [1.807, 2.05) is 25.8 Å². The molecule has 1 aromatic heterocycles. The van der Waals surface area contributed by atoms with Crippen molar-refractivity contribution in [3.05, 3.63) is 82.3 Å². The summed E-state index contributed by atoms with van der Waals surface area (Å²) >= 11 is 0. The molecule has 1 amide bonds. The van der Waals surface area contributed by atoms with Crippen molar-refractivity contribution in [3.63, 3.8) is 0 Å². The Bertz CT molecular complexity index is 1410. The second-order valence-corrected chi connectivity index (χ2v) is 10.2. The summed E-state index contributed by atoms with van der Waals surface area (Å²) in [6.45, 7) is 6.90. The summed E-state index contributed by atoms with van der Waals surface area (Å²) in [5.74, 6) is 5.71. The quantitative estimate of drug-likeness (QED) is 0.301. The Morgan fingerprint density at radius 1 is 1.10 bits per heavy atom.